The number of nitrogens with one attached hydrogen (secondary N) is 1. The second kappa shape index (κ2) is 6.44. The molecule has 0 saturated carbocycles. The van der Waals surface area contributed by atoms with Gasteiger partial charge in [0.2, 0.25) is 0 Å². The summed E-state index contributed by atoms with van der Waals surface area (Å²) in [6, 6.07) is 10.9. The first kappa shape index (κ1) is 13.8. The SMILES string of the molecule is CCC(CNC(C)(C)C)[Se]c1ccccc1. The van der Waals surface area contributed by atoms with Crippen LogP contribution in [-0.4, -0.2) is 27.0 Å². The molecule has 0 fully saturated rings. The van der Waals surface area contributed by atoms with E-state index in [1.807, 2.05) is 0 Å². The quantitative estimate of drug-likeness (QED) is 0.820. The minimum atomic E-state index is 0.236. The van der Waals surface area contributed by atoms with Crippen molar-refractivity contribution in [3.63, 3.8) is 0 Å². The number of benzene rings is 1. The van der Waals surface area contributed by atoms with Crippen molar-refractivity contribution < 1.29 is 0 Å². The molecule has 0 heterocycles. The van der Waals surface area contributed by atoms with Crippen LogP contribution in [0.2, 0.25) is 4.82 Å². The molecule has 1 aromatic rings. The fourth-order valence-corrected chi connectivity index (χ4v) is 3.55. The second-order valence-corrected chi connectivity index (χ2v) is 7.97. The molecular formula is C14H23NSe. The van der Waals surface area contributed by atoms with Crippen LogP contribution in [0.5, 0.6) is 0 Å². The Balaban J connectivity index is 2.44. The Bertz CT molecular complexity index is 289. The van der Waals surface area contributed by atoms with Crippen molar-refractivity contribution in [2.75, 3.05) is 6.54 Å². The van der Waals surface area contributed by atoms with Crippen molar-refractivity contribution in [1.82, 2.24) is 5.32 Å². The van der Waals surface area contributed by atoms with Gasteiger partial charge in [-0.3, -0.25) is 0 Å². The van der Waals surface area contributed by atoms with Crippen LogP contribution >= 0.6 is 0 Å². The predicted molar refractivity (Wildman–Crippen MR) is 73.6 cm³/mol. The molecule has 2 heteroatoms. The van der Waals surface area contributed by atoms with Gasteiger partial charge in [0.1, 0.15) is 0 Å². The van der Waals surface area contributed by atoms with Crippen LogP contribution in [0.3, 0.4) is 0 Å². The first-order valence-corrected chi connectivity index (χ1v) is 7.82. The van der Waals surface area contributed by atoms with E-state index in [4.69, 9.17) is 0 Å². The monoisotopic (exact) mass is 285 g/mol. The average Bonchev–Trinajstić information content (AvgIpc) is 2.24. The van der Waals surface area contributed by atoms with Crippen LogP contribution in [0, 0.1) is 0 Å². The van der Waals surface area contributed by atoms with Crippen LogP contribution in [0.15, 0.2) is 30.3 Å². The van der Waals surface area contributed by atoms with E-state index >= 15 is 0 Å². The fourth-order valence-electron chi connectivity index (χ4n) is 1.38. The summed E-state index contributed by atoms with van der Waals surface area (Å²) in [5.41, 5.74) is 0.236. The molecule has 1 unspecified atom stereocenters. The van der Waals surface area contributed by atoms with E-state index in [1.54, 1.807) is 0 Å². The average molecular weight is 284 g/mol. The number of hydrogen-bond acceptors (Lipinski definition) is 1. The van der Waals surface area contributed by atoms with E-state index in [1.165, 1.54) is 10.9 Å². The molecule has 1 atom stereocenters. The van der Waals surface area contributed by atoms with Crippen molar-refractivity contribution in [1.29, 1.82) is 0 Å². The molecule has 0 bridgehead atoms. The number of rotatable bonds is 5. The molecule has 0 saturated heterocycles. The summed E-state index contributed by atoms with van der Waals surface area (Å²) in [4.78, 5) is 0.800. The molecule has 1 nitrogen and oxygen atoms in total. The summed E-state index contributed by atoms with van der Waals surface area (Å²) in [7, 11) is 0. The molecular weight excluding hydrogens is 261 g/mol. The van der Waals surface area contributed by atoms with Crippen LogP contribution in [0.25, 0.3) is 0 Å². The summed E-state index contributed by atoms with van der Waals surface area (Å²) < 4.78 is 1.51. The third-order valence-corrected chi connectivity index (χ3v) is 5.25. The zero-order chi connectivity index (χ0) is 12.0. The zero-order valence-corrected chi connectivity index (χ0v) is 12.5. The Morgan fingerprint density at radius 1 is 1.19 bits per heavy atom. The molecule has 0 amide bonds. The third-order valence-electron chi connectivity index (χ3n) is 2.36. The Hall–Kier alpha value is -0.301. The first-order chi connectivity index (χ1) is 7.51. The van der Waals surface area contributed by atoms with Crippen LogP contribution in [0.1, 0.15) is 34.1 Å². The van der Waals surface area contributed by atoms with Gasteiger partial charge in [-0.2, -0.15) is 0 Å². The van der Waals surface area contributed by atoms with Crippen molar-refractivity contribution >= 4 is 19.4 Å². The Kier molecular flexibility index (Phi) is 5.54. The second-order valence-electron chi connectivity index (χ2n) is 5.09. The number of hydrogen-bond donors (Lipinski definition) is 1. The van der Waals surface area contributed by atoms with E-state index in [2.05, 4.69) is 63.3 Å². The minimum absolute atomic E-state index is 0.236. The third kappa shape index (κ3) is 5.69. The molecule has 0 aliphatic rings. The predicted octanol–water partition coefficient (Wildman–Crippen LogP) is 2.60. The standard InChI is InChI=1S/C14H23NSe/c1-5-12(11-15-14(2,3)4)16-13-9-7-6-8-10-13/h6-10,12,15H,5,11H2,1-4H3. The molecule has 0 aliphatic carbocycles. The summed E-state index contributed by atoms with van der Waals surface area (Å²) in [6.45, 7) is 10.1. The van der Waals surface area contributed by atoms with E-state index in [0.29, 0.717) is 15.0 Å². The van der Waals surface area contributed by atoms with Crippen LogP contribution < -0.4 is 9.78 Å². The summed E-state index contributed by atoms with van der Waals surface area (Å²) in [5, 5.41) is 3.61. The summed E-state index contributed by atoms with van der Waals surface area (Å²) in [5.74, 6) is 0. The van der Waals surface area contributed by atoms with Gasteiger partial charge in [-0.1, -0.05) is 0 Å². The summed E-state index contributed by atoms with van der Waals surface area (Å²) >= 11 is 0.592. The molecule has 1 aromatic carbocycles. The first-order valence-electron chi connectivity index (χ1n) is 5.98. The molecule has 16 heavy (non-hydrogen) atoms. The van der Waals surface area contributed by atoms with Gasteiger partial charge in [0.05, 0.1) is 0 Å². The maximum atomic E-state index is 3.61. The molecule has 0 aromatic heterocycles. The molecule has 0 radical (unpaired) electrons. The Labute approximate surface area is 106 Å². The Morgan fingerprint density at radius 2 is 1.81 bits per heavy atom. The van der Waals surface area contributed by atoms with E-state index < -0.39 is 0 Å². The normalized spacial score (nSPS) is 13.8. The van der Waals surface area contributed by atoms with Gasteiger partial charge < -0.3 is 0 Å². The van der Waals surface area contributed by atoms with Gasteiger partial charge in [-0.05, 0) is 0 Å². The van der Waals surface area contributed by atoms with Crippen molar-refractivity contribution in [2.24, 2.45) is 0 Å². The van der Waals surface area contributed by atoms with Crippen LogP contribution in [0.4, 0.5) is 0 Å². The van der Waals surface area contributed by atoms with Gasteiger partial charge in [0.25, 0.3) is 0 Å². The van der Waals surface area contributed by atoms with Gasteiger partial charge in [-0.15, -0.1) is 0 Å². The molecule has 0 spiro atoms. The molecule has 0 aliphatic heterocycles. The molecule has 1 rings (SSSR count). The topological polar surface area (TPSA) is 12.0 Å². The van der Waals surface area contributed by atoms with E-state index in [9.17, 15) is 0 Å². The Morgan fingerprint density at radius 3 is 2.31 bits per heavy atom. The summed E-state index contributed by atoms with van der Waals surface area (Å²) in [6.07, 6.45) is 1.26. The van der Waals surface area contributed by atoms with E-state index in [0.717, 1.165) is 11.4 Å². The van der Waals surface area contributed by atoms with Gasteiger partial charge >= 0.3 is 106 Å². The van der Waals surface area contributed by atoms with Gasteiger partial charge in [-0.25, -0.2) is 0 Å². The zero-order valence-electron chi connectivity index (χ0n) is 10.8. The van der Waals surface area contributed by atoms with Gasteiger partial charge in [0.15, 0.2) is 0 Å². The molecule has 90 valence electrons. The van der Waals surface area contributed by atoms with Crippen molar-refractivity contribution in [3.05, 3.63) is 30.3 Å². The van der Waals surface area contributed by atoms with Crippen molar-refractivity contribution in [3.8, 4) is 0 Å². The molecule has 1 N–H and O–H groups in total. The van der Waals surface area contributed by atoms with Crippen molar-refractivity contribution in [2.45, 2.75) is 44.5 Å². The van der Waals surface area contributed by atoms with Gasteiger partial charge in [0, 0.05) is 0 Å². The van der Waals surface area contributed by atoms with E-state index in [-0.39, 0.29) is 5.54 Å². The maximum absolute atomic E-state index is 3.61. The van der Waals surface area contributed by atoms with Crippen LogP contribution in [-0.2, 0) is 0 Å². The fraction of sp³-hybridized carbons (Fsp3) is 0.571.